The molecule has 1 aliphatic carbocycles. The number of aliphatic hydroxyl groups excluding tert-OH is 1. The molecule has 2 atom stereocenters. The number of rotatable bonds is 3. The molecular weight excluding hydrogens is 188 g/mol. The van der Waals surface area contributed by atoms with Gasteiger partial charge in [-0.05, 0) is 38.7 Å². The van der Waals surface area contributed by atoms with Crippen LogP contribution in [0.25, 0.3) is 0 Å². The molecule has 0 aromatic carbocycles. The second-order valence-corrected chi connectivity index (χ2v) is 4.61. The van der Waals surface area contributed by atoms with Crippen molar-refractivity contribution in [1.82, 2.24) is 0 Å². The highest BCUT2D eigenvalue weighted by Gasteiger charge is 2.43. The highest BCUT2D eigenvalue weighted by Crippen LogP contribution is 2.42. The molecule has 0 aliphatic heterocycles. The van der Waals surface area contributed by atoms with Crippen LogP contribution in [0, 0.1) is 5.41 Å². The van der Waals surface area contributed by atoms with Gasteiger partial charge < -0.3 is 5.11 Å². The van der Waals surface area contributed by atoms with Crippen LogP contribution < -0.4 is 0 Å². The maximum absolute atomic E-state index is 11.8. The maximum Gasteiger partial charge on any atom is 0.138 e. The third-order valence-electron chi connectivity index (χ3n) is 3.57. The number of Topliss-reactive ketones (excluding diaryl/α,β-unsaturated/α-hetero) is 1. The molecule has 1 fully saturated rings. The molecule has 0 heterocycles. The lowest BCUT2D eigenvalue weighted by atomic mass is 9.66. The minimum Gasteiger partial charge on any atom is -0.392 e. The van der Waals surface area contributed by atoms with Crippen LogP contribution in [0.15, 0.2) is 17.9 Å². The summed E-state index contributed by atoms with van der Waals surface area (Å²) in [6.45, 7) is 7.09. The highest BCUT2D eigenvalue weighted by atomic mass is 16.3. The molecule has 1 aliphatic rings. The predicted octanol–water partition coefficient (Wildman–Crippen LogP) is 2.62. The van der Waals surface area contributed by atoms with Crippen molar-refractivity contribution in [3.05, 3.63) is 17.9 Å². The molecule has 0 saturated heterocycles. The van der Waals surface area contributed by atoms with Crippen LogP contribution in [0.4, 0.5) is 0 Å². The van der Waals surface area contributed by atoms with E-state index in [4.69, 9.17) is 0 Å². The molecule has 84 valence electrons. The Balaban J connectivity index is 2.95. The molecule has 0 bridgehead atoms. The fourth-order valence-corrected chi connectivity index (χ4v) is 2.50. The highest BCUT2D eigenvalue weighted by molar-refractivity contribution is 5.83. The quantitative estimate of drug-likeness (QED) is 0.724. The van der Waals surface area contributed by atoms with Crippen LogP contribution in [-0.2, 0) is 4.79 Å². The Bertz CT molecular complexity index is 300. The van der Waals surface area contributed by atoms with E-state index >= 15 is 0 Å². The van der Waals surface area contributed by atoms with Crippen LogP contribution >= 0.6 is 0 Å². The molecule has 2 heteroatoms. The summed E-state index contributed by atoms with van der Waals surface area (Å²) < 4.78 is 0. The zero-order valence-corrected chi connectivity index (χ0v) is 9.68. The summed E-state index contributed by atoms with van der Waals surface area (Å²) >= 11 is 0. The van der Waals surface area contributed by atoms with E-state index in [-0.39, 0.29) is 5.78 Å². The Morgan fingerprint density at radius 3 is 2.67 bits per heavy atom. The van der Waals surface area contributed by atoms with Crippen molar-refractivity contribution in [2.45, 2.75) is 52.1 Å². The molecule has 0 aromatic heterocycles. The number of carbonyl (C=O) groups excluding carboxylic acids is 1. The average Bonchev–Trinajstić information content (AvgIpc) is 2.21. The Morgan fingerprint density at radius 1 is 1.53 bits per heavy atom. The summed E-state index contributed by atoms with van der Waals surface area (Å²) in [4.78, 5) is 11.8. The Hall–Kier alpha value is -0.850. The van der Waals surface area contributed by atoms with Crippen molar-refractivity contribution < 1.29 is 9.90 Å². The summed E-state index contributed by atoms with van der Waals surface area (Å²) in [5.41, 5.74) is 3.22. The summed E-state index contributed by atoms with van der Waals surface area (Å²) in [6.07, 6.45) is 3.69. The van der Waals surface area contributed by atoms with Crippen LogP contribution in [0.2, 0.25) is 0 Å². The van der Waals surface area contributed by atoms with Gasteiger partial charge in [-0.2, -0.15) is 0 Å². The van der Waals surface area contributed by atoms with Gasteiger partial charge in [-0.25, -0.2) is 0 Å². The van der Waals surface area contributed by atoms with Crippen molar-refractivity contribution in [3.63, 3.8) is 0 Å². The molecule has 0 radical (unpaired) electrons. The number of hydrogen-bond acceptors (Lipinski definition) is 2. The van der Waals surface area contributed by atoms with E-state index in [1.807, 2.05) is 6.92 Å². The first-order chi connectivity index (χ1) is 7.03. The van der Waals surface area contributed by atoms with Gasteiger partial charge in [0.2, 0.25) is 0 Å². The fourth-order valence-electron chi connectivity index (χ4n) is 2.50. The molecule has 1 saturated carbocycles. The maximum atomic E-state index is 11.8. The number of hydrogen-bond donors (Lipinski definition) is 1. The first-order valence-corrected chi connectivity index (χ1v) is 5.57. The van der Waals surface area contributed by atoms with Crippen molar-refractivity contribution >= 4 is 5.78 Å². The van der Waals surface area contributed by atoms with E-state index in [2.05, 4.69) is 12.3 Å². The van der Waals surface area contributed by atoms with Gasteiger partial charge in [-0.1, -0.05) is 19.4 Å². The first kappa shape index (κ1) is 12.2. The van der Waals surface area contributed by atoms with Gasteiger partial charge in [0.15, 0.2) is 0 Å². The third kappa shape index (κ3) is 2.39. The molecule has 0 aromatic rings. The molecule has 0 amide bonds. The molecule has 15 heavy (non-hydrogen) atoms. The minimum absolute atomic E-state index is 0.101. The predicted molar refractivity (Wildman–Crippen MR) is 60.5 cm³/mol. The second kappa shape index (κ2) is 4.78. The Labute approximate surface area is 91.7 Å². The van der Waals surface area contributed by atoms with E-state index in [1.54, 1.807) is 6.92 Å². The van der Waals surface area contributed by atoms with E-state index in [0.29, 0.717) is 6.42 Å². The minimum atomic E-state index is -0.562. The molecule has 2 nitrogen and oxygen atoms in total. The fraction of sp³-hybridized carbons (Fsp3) is 0.692. The summed E-state index contributed by atoms with van der Waals surface area (Å²) in [5, 5.41) is 10.1. The van der Waals surface area contributed by atoms with E-state index in [9.17, 15) is 9.90 Å². The van der Waals surface area contributed by atoms with Gasteiger partial charge in [0.1, 0.15) is 5.78 Å². The van der Waals surface area contributed by atoms with Gasteiger partial charge in [0, 0.05) is 0 Å². The van der Waals surface area contributed by atoms with Crippen LogP contribution in [0.1, 0.15) is 46.0 Å². The van der Waals surface area contributed by atoms with Crippen molar-refractivity contribution in [2.75, 3.05) is 0 Å². The van der Waals surface area contributed by atoms with Crippen molar-refractivity contribution in [1.29, 1.82) is 0 Å². The van der Waals surface area contributed by atoms with E-state index in [0.717, 1.165) is 31.3 Å². The van der Waals surface area contributed by atoms with Crippen molar-refractivity contribution in [3.8, 4) is 0 Å². The largest absolute Gasteiger partial charge is 0.392 e. The SMILES string of the molecule is C=C=C(C)C[C@]1(C(C)=O)CCCC[C@H]1O. The monoisotopic (exact) mass is 208 g/mol. The number of carbonyl (C=O) groups is 1. The van der Waals surface area contributed by atoms with Crippen LogP contribution in [-0.4, -0.2) is 17.0 Å². The topological polar surface area (TPSA) is 37.3 Å². The lowest BCUT2D eigenvalue weighted by Gasteiger charge is -2.39. The summed E-state index contributed by atoms with van der Waals surface area (Å²) in [6, 6.07) is 0. The number of allylic oxidation sites excluding steroid dienone is 1. The lowest BCUT2D eigenvalue weighted by Crippen LogP contribution is -2.43. The van der Waals surface area contributed by atoms with Gasteiger partial charge >= 0.3 is 0 Å². The molecule has 0 spiro atoms. The van der Waals surface area contributed by atoms with Crippen LogP contribution in [0.3, 0.4) is 0 Å². The zero-order chi connectivity index (χ0) is 11.5. The average molecular weight is 208 g/mol. The van der Waals surface area contributed by atoms with Gasteiger partial charge in [-0.15, -0.1) is 5.73 Å². The molecular formula is C13H20O2. The van der Waals surface area contributed by atoms with E-state index < -0.39 is 11.5 Å². The smallest absolute Gasteiger partial charge is 0.138 e. The third-order valence-corrected chi connectivity index (χ3v) is 3.57. The van der Waals surface area contributed by atoms with Gasteiger partial charge in [0.05, 0.1) is 11.5 Å². The summed E-state index contributed by atoms with van der Waals surface area (Å²) in [7, 11) is 0. The second-order valence-electron chi connectivity index (χ2n) is 4.61. The van der Waals surface area contributed by atoms with Crippen LogP contribution in [0.5, 0.6) is 0 Å². The standard InChI is InChI=1S/C13H20O2/c1-4-10(2)9-13(11(3)14)8-6-5-7-12(13)15/h12,15H,1,5-9H2,2-3H3/t12-,13+/m1/s1. The Morgan fingerprint density at radius 2 is 2.20 bits per heavy atom. The zero-order valence-electron chi connectivity index (χ0n) is 9.68. The Kier molecular flexibility index (Phi) is 3.90. The lowest BCUT2D eigenvalue weighted by molar-refractivity contribution is -0.136. The van der Waals surface area contributed by atoms with E-state index in [1.165, 1.54) is 0 Å². The van der Waals surface area contributed by atoms with Gasteiger partial charge in [0.25, 0.3) is 0 Å². The first-order valence-electron chi connectivity index (χ1n) is 5.57. The molecule has 1 N–H and O–H groups in total. The normalized spacial score (nSPS) is 30.7. The summed E-state index contributed by atoms with van der Waals surface area (Å²) in [5.74, 6) is 0.101. The molecule has 0 unspecified atom stereocenters. The number of ketones is 1. The van der Waals surface area contributed by atoms with Gasteiger partial charge in [-0.3, -0.25) is 4.79 Å². The molecule has 1 rings (SSSR count). The number of aliphatic hydroxyl groups is 1. The van der Waals surface area contributed by atoms with Crippen molar-refractivity contribution in [2.24, 2.45) is 5.41 Å².